The van der Waals surface area contributed by atoms with Gasteiger partial charge in [-0.2, -0.15) is 0 Å². The van der Waals surface area contributed by atoms with Crippen molar-refractivity contribution in [2.24, 2.45) is 11.8 Å². The molecule has 1 aliphatic rings. The molecule has 88 valence electrons. The molecular formula is C12H23NO2. The van der Waals surface area contributed by atoms with Crippen LogP contribution in [0.5, 0.6) is 0 Å². The topological polar surface area (TPSA) is 40.5 Å². The first-order valence-electron chi connectivity index (χ1n) is 5.99. The van der Waals surface area contributed by atoms with Gasteiger partial charge in [0.25, 0.3) is 0 Å². The van der Waals surface area contributed by atoms with Gasteiger partial charge >= 0.3 is 5.97 Å². The van der Waals surface area contributed by atoms with E-state index in [1.807, 2.05) is 6.92 Å². The first-order chi connectivity index (χ1) is 7.02. The van der Waals surface area contributed by atoms with Crippen molar-refractivity contribution in [2.75, 3.05) is 13.1 Å². The summed E-state index contributed by atoms with van der Waals surface area (Å²) in [4.78, 5) is 13.4. The molecule has 0 aromatic rings. The Kier molecular flexibility index (Phi) is 4.58. The molecule has 2 atom stereocenters. The van der Waals surface area contributed by atoms with Crippen LogP contribution in [-0.4, -0.2) is 35.1 Å². The highest BCUT2D eigenvalue weighted by atomic mass is 16.4. The second-order valence-electron chi connectivity index (χ2n) is 4.95. The summed E-state index contributed by atoms with van der Waals surface area (Å²) in [6.45, 7) is 8.44. The maximum Gasteiger partial charge on any atom is 0.306 e. The van der Waals surface area contributed by atoms with Gasteiger partial charge in [-0.1, -0.05) is 6.92 Å². The molecule has 2 unspecified atom stereocenters. The van der Waals surface area contributed by atoms with Crippen molar-refractivity contribution in [1.82, 2.24) is 4.90 Å². The minimum atomic E-state index is -0.641. The van der Waals surface area contributed by atoms with Gasteiger partial charge in [0.1, 0.15) is 0 Å². The van der Waals surface area contributed by atoms with E-state index in [1.54, 1.807) is 0 Å². The van der Waals surface area contributed by atoms with E-state index in [0.717, 1.165) is 32.4 Å². The molecule has 1 N–H and O–H groups in total. The quantitative estimate of drug-likeness (QED) is 0.781. The van der Waals surface area contributed by atoms with Crippen molar-refractivity contribution in [3.63, 3.8) is 0 Å². The normalized spacial score (nSPS) is 26.3. The Balaban J connectivity index is 2.49. The van der Waals surface area contributed by atoms with E-state index >= 15 is 0 Å². The summed E-state index contributed by atoms with van der Waals surface area (Å²) in [5, 5.41) is 8.99. The average Bonchev–Trinajstić information content (AvgIpc) is 2.41. The number of rotatable bonds is 3. The Labute approximate surface area is 92.5 Å². The van der Waals surface area contributed by atoms with Crippen LogP contribution in [0.3, 0.4) is 0 Å². The number of hydrogen-bond donors (Lipinski definition) is 1. The van der Waals surface area contributed by atoms with Crippen molar-refractivity contribution < 1.29 is 9.90 Å². The lowest BCUT2D eigenvalue weighted by Gasteiger charge is -2.24. The van der Waals surface area contributed by atoms with Crippen molar-refractivity contribution >= 4 is 5.97 Å². The van der Waals surface area contributed by atoms with Crippen LogP contribution in [0.4, 0.5) is 0 Å². The van der Waals surface area contributed by atoms with Crippen molar-refractivity contribution in [3.8, 4) is 0 Å². The zero-order valence-corrected chi connectivity index (χ0v) is 10.1. The SMILES string of the molecule is CC(C(=O)O)C1CCCN(C(C)C)CC1. The van der Waals surface area contributed by atoms with Gasteiger partial charge in [-0.15, -0.1) is 0 Å². The maximum absolute atomic E-state index is 10.9. The molecule has 15 heavy (non-hydrogen) atoms. The monoisotopic (exact) mass is 213 g/mol. The largest absolute Gasteiger partial charge is 0.481 e. The first-order valence-corrected chi connectivity index (χ1v) is 5.99. The Morgan fingerprint density at radius 3 is 2.47 bits per heavy atom. The second kappa shape index (κ2) is 5.50. The van der Waals surface area contributed by atoms with Crippen molar-refractivity contribution in [3.05, 3.63) is 0 Å². The summed E-state index contributed by atoms with van der Waals surface area (Å²) < 4.78 is 0. The minimum absolute atomic E-state index is 0.183. The van der Waals surface area contributed by atoms with Crippen molar-refractivity contribution in [2.45, 2.75) is 46.1 Å². The highest BCUT2D eigenvalue weighted by Crippen LogP contribution is 2.25. The minimum Gasteiger partial charge on any atom is -0.481 e. The molecule has 0 aliphatic carbocycles. The number of carboxylic acids is 1. The molecule has 1 saturated heterocycles. The number of aliphatic carboxylic acids is 1. The van der Waals surface area contributed by atoms with Crippen LogP contribution in [0.1, 0.15) is 40.0 Å². The Morgan fingerprint density at radius 2 is 1.93 bits per heavy atom. The lowest BCUT2D eigenvalue weighted by atomic mass is 9.88. The predicted molar refractivity (Wildman–Crippen MR) is 60.8 cm³/mol. The smallest absolute Gasteiger partial charge is 0.306 e. The maximum atomic E-state index is 10.9. The fraction of sp³-hybridized carbons (Fsp3) is 0.917. The van der Waals surface area contributed by atoms with Crippen LogP contribution >= 0.6 is 0 Å². The highest BCUT2D eigenvalue weighted by Gasteiger charge is 2.26. The third-order valence-electron chi connectivity index (χ3n) is 3.63. The number of likely N-dealkylation sites (tertiary alicyclic amines) is 1. The molecule has 1 rings (SSSR count). The van der Waals surface area contributed by atoms with E-state index in [0.29, 0.717) is 12.0 Å². The fourth-order valence-electron chi connectivity index (χ4n) is 2.36. The molecule has 1 heterocycles. The van der Waals surface area contributed by atoms with Crippen molar-refractivity contribution in [1.29, 1.82) is 0 Å². The molecule has 0 aromatic carbocycles. The molecule has 0 saturated carbocycles. The molecule has 1 fully saturated rings. The molecular weight excluding hydrogens is 190 g/mol. The van der Waals surface area contributed by atoms with E-state index in [2.05, 4.69) is 18.7 Å². The number of carboxylic acid groups (broad SMARTS) is 1. The third-order valence-corrected chi connectivity index (χ3v) is 3.63. The summed E-state index contributed by atoms with van der Waals surface area (Å²) in [6, 6.07) is 0.587. The summed E-state index contributed by atoms with van der Waals surface area (Å²) in [5.74, 6) is -0.457. The van der Waals surface area contributed by atoms with Crippen LogP contribution < -0.4 is 0 Å². The van der Waals surface area contributed by atoms with Gasteiger partial charge in [-0.05, 0) is 52.1 Å². The Hall–Kier alpha value is -0.570. The van der Waals surface area contributed by atoms with Gasteiger partial charge in [0, 0.05) is 6.04 Å². The van der Waals surface area contributed by atoms with Crippen LogP contribution in [0.25, 0.3) is 0 Å². The van der Waals surface area contributed by atoms with Gasteiger partial charge in [0.15, 0.2) is 0 Å². The zero-order chi connectivity index (χ0) is 11.4. The number of carbonyl (C=O) groups is 1. The summed E-state index contributed by atoms with van der Waals surface area (Å²) in [6.07, 6.45) is 3.24. The summed E-state index contributed by atoms with van der Waals surface area (Å²) in [7, 11) is 0. The van der Waals surface area contributed by atoms with Gasteiger partial charge in [0.05, 0.1) is 5.92 Å². The average molecular weight is 213 g/mol. The van der Waals surface area contributed by atoms with E-state index in [4.69, 9.17) is 5.11 Å². The van der Waals surface area contributed by atoms with Crippen LogP contribution in [0.15, 0.2) is 0 Å². The highest BCUT2D eigenvalue weighted by molar-refractivity contribution is 5.69. The Morgan fingerprint density at radius 1 is 1.27 bits per heavy atom. The zero-order valence-electron chi connectivity index (χ0n) is 10.1. The van der Waals surface area contributed by atoms with E-state index < -0.39 is 5.97 Å². The number of hydrogen-bond acceptors (Lipinski definition) is 2. The predicted octanol–water partition coefficient (Wildman–Crippen LogP) is 2.22. The summed E-state index contributed by atoms with van der Waals surface area (Å²) in [5.41, 5.74) is 0. The lowest BCUT2D eigenvalue weighted by Crippen LogP contribution is -2.32. The molecule has 0 spiro atoms. The molecule has 0 radical (unpaired) electrons. The van der Waals surface area contributed by atoms with Gasteiger partial charge in [-0.25, -0.2) is 0 Å². The molecule has 0 aromatic heterocycles. The van der Waals surface area contributed by atoms with Gasteiger partial charge < -0.3 is 10.0 Å². The van der Waals surface area contributed by atoms with Crippen LogP contribution in [0.2, 0.25) is 0 Å². The fourth-order valence-corrected chi connectivity index (χ4v) is 2.36. The first kappa shape index (κ1) is 12.5. The number of nitrogens with zero attached hydrogens (tertiary/aromatic N) is 1. The molecule has 0 amide bonds. The van der Waals surface area contributed by atoms with Crippen LogP contribution in [0, 0.1) is 11.8 Å². The van der Waals surface area contributed by atoms with E-state index in [-0.39, 0.29) is 5.92 Å². The van der Waals surface area contributed by atoms with Crippen LogP contribution in [-0.2, 0) is 4.79 Å². The summed E-state index contributed by atoms with van der Waals surface area (Å²) >= 11 is 0. The van der Waals surface area contributed by atoms with Gasteiger partial charge in [0.2, 0.25) is 0 Å². The lowest BCUT2D eigenvalue weighted by molar-refractivity contribution is -0.143. The molecule has 3 heteroatoms. The molecule has 1 aliphatic heterocycles. The Bertz CT molecular complexity index is 216. The standard InChI is InChI=1S/C12H23NO2/c1-9(2)13-7-4-5-11(6-8-13)10(3)12(14)15/h9-11H,4-8H2,1-3H3,(H,14,15). The van der Waals surface area contributed by atoms with Gasteiger partial charge in [-0.3, -0.25) is 4.79 Å². The second-order valence-corrected chi connectivity index (χ2v) is 4.95. The third kappa shape index (κ3) is 3.49. The molecule has 0 bridgehead atoms. The molecule has 3 nitrogen and oxygen atoms in total. The van der Waals surface area contributed by atoms with E-state index in [1.165, 1.54) is 0 Å². The van der Waals surface area contributed by atoms with E-state index in [9.17, 15) is 4.79 Å².